The van der Waals surface area contributed by atoms with Crippen LogP contribution in [0.2, 0.25) is 0 Å². The maximum absolute atomic E-state index is 3.88. The Morgan fingerprint density at radius 2 is 2.75 bits per heavy atom. The summed E-state index contributed by atoms with van der Waals surface area (Å²) in [6.07, 6.45) is 4.29. The molecule has 1 aromatic rings. The predicted octanol–water partition coefficient (Wildman–Crippen LogP) is -0.357. The minimum Gasteiger partial charge on any atom is -0.235 e. The molecule has 3 heteroatoms. The van der Waals surface area contributed by atoms with Crippen LogP contribution in [0.3, 0.4) is 0 Å². The fraction of sp³-hybridized carbons (Fsp3) is 0.600. The van der Waals surface area contributed by atoms with E-state index in [-0.39, 0.29) is 0 Å². The van der Waals surface area contributed by atoms with Crippen molar-refractivity contribution >= 4 is 0 Å². The lowest BCUT2D eigenvalue weighted by Gasteiger charge is -1.78. The van der Waals surface area contributed by atoms with Crippen molar-refractivity contribution in [3.05, 3.63) is 12.2 Å². The zero-order chi connectivity index (χ0) is 5.40. The number of aryl methyl sites for hydroxylation is 2. The molecular weight excluding hydrogens is 102 g/mol. The number of aromatic amines is 1. The molecule has 8 heavy (non-hydrogen) atoms. The lowest BCUT2D eigenvalue weighted by molar-refractivity contribution is -0.690. The number of hydrogen-bond donors (Lipinski definition) is 1. The molecular formula is C5H8N3+. The molecule has 1 N–H and O–H groups in total. The van der Waals surface area contributed by atoms with Crippen LogP contribution in [0, 0.1) is 0 Å². The molecule has 0 spiro atoms. The summed E-state index contributed by atoms with van der Waals surface area (Å²) in [5.41, 5.74) is 0. The number of nitrogens with one attached hydrogen (secondary N) is 1. The van der Waals surface area contributed by atoms with Gasteiger partial charge in [-0.25, -0.2) is 4.57 Å². The van der Waals surface area contributed by atoms with Gasteiger partial charge in [0.15, 0.2) is 0 Å². The molecule has 0 saturated carbocycles. The van der Waals surface area contributed by atoms with Gasteiger partial charge in [-0.3, -0.25) is 0 Å². The molecule has 2 rings (SSSR count). The molecule has 0 unspecified atom stereocenters. The molecule has 0 radical (unpaired) electrons. The van der Waals surface area contributed by atoms with Crippen molar-refractivity contribution in [1.82, 2.24) is 10.2 Å². The Bertz CT molecular complexity index is 173. The van der Waals surface area contributed by atoms with E-state index in [1.165, 1.54) is 18.7 Å². The van der Waals surface area contributed by atoms with Gasteiger partial charge in [0.2, 0.25) is 5.82 Å². The van der Waals surface area contributed by atoms with Crippen LogP contribution in [0.5, 0.6) is 0 Å². The number of fused-ring (bicyclic) bond motifs is 1. The summed E-state index contributed by atoms with van der Waals surface area (Å²) in [7, 11) is 0. The molecule has 0 aromatic carbocycles. The second-order valence-corrected chi connectivity index (χ2v) is 2.10. The minimum atomic E-state index is 1.14. The van der Waals surface area contributed by atoms with E-state index in [0.29, 0.717) is 0 Å². The first-order valence-corrected chi connectivity index (χ1v) is 2.88. The van der Waals surface area contributed by atoms with Crippen LogP contribution in [0.4, 0.5) is 0 Å². The second kappa shape index (κ2) is 1.31. The van der Waals surface area contributed by atoms with E-state index in [1.807, 2.05) is 6.33 Å². The van der Waals surface area contributed by atoms with Crippen LogP contribution < -0.4 is 4.57 Å². The SMILES string of the molecule is c1n[nH]c2[n+]1CCC2. The van der Waals surface area contributed by atoms with Gasteiger partial charge in [0.25, 0.3) is 6.33 Å². The zero-order valence-corrected chi connectivity index (χ0v) is 4.59. The molecule has 0 bridgehead atoms. The highest BCUT2D eigenvalue weighted by molar-refractivity contribution is 4.72. The summed E-state index contributed by atoms with van der Waals surface area (Å²) in [5.74, 6) is 1.27. The van der Waals surface area contributed by atoms with E-state index in [9.17, 15) is 0 Å². The normalized spacial score (nSPS) is 16.5. The number of hydrogen-bond acceptors (Lipinski definition) is 1. The smallest absolute Gasteiger partial charge is 0.235 e. The Hall–Kier alpha value is -0.860. The van der Waals surface area contributed by atoms with Crippen molar-refractivity contribution in [1.29, 1.82) is 0 Å². The molecule has 0 saturated heterocycles. The second-order valence-electron chi connectivity index (χ2n) is 2.10. The summed E-state index contributed by atoms with van der Waals surface area (Å²) < 4.78 is 2.15. The van der Waals surface area contributed by atoms with Crippen LogP contribution >= 0.6 is 0 Å². The number of rotatable bonds is 0. The standard InChI is InChI=1S/C5H7N3/c1-2-5-7-6-4-8(5)3-1/h4H,1-3H2/p+1. The zero-order valence-electron chi connectivity index (χ0n) is 4.59. The van der Waals surface area contributed by atoms with Crippen molar-refractivity contribution in [2.24, 2.45) is 0 Å². The van der Waals surface area contributed by atoms with Crippen LogP contribution in [0.25, 0.3) is 0 Å². The van der Waals surface area contributed by atoms with E-state index in [4.69, 9.17) is 0 Å². The van der Waals surface area contributed by atoms with Gasteiger partial charge in [-0.2, -0.15) is 0 Å². The van der Waals surface area contributed by atoms with Crippen molar-refractivity contribution in [3.8, 4) is 0 Å². The molecule has 1 aliphatic rings. The van der Waals surface area contributed by atoms with Gasteiger partial charge in [0.05, 0.1) is 6.54 Å². The lowest BCUT2D eigenvalue weighted by atomic mass is 10.4. The topological polar surface area (TPSA) is 32.6 Å². The van der Waals surface area contributed by atoms with Crippen LogP contribution in [0.15, 0.2) is 6.33 Å². The van der Waals surface area contributed by atoms with Gasteiger partial charge in [-0.1, -0.05) is 0 Å². The fourth-order valence-corrected chi connectivity index (χ4v) is 1.12. The van der Waals surface area contributed by atoms with Gasteiger partial charge in [0, 0.05) is 11.5 Å². The Labute approximate surface area is 47.3 Å². The van der Waals surface area contributed by atoms with Crippen molar-refractivity contribution in [2.75, 3.05) is 0 Å². The first-order chi connectivity index (χ1) is 3.97. The Morgan fingerprint density at radius 3 is 3.62 bits per heavy atom. The summed E-state index contributed by atoms with van der Waals surface area (Å²) in [4.78, 5) is 0. The highest BCUT2D eigenvalue weighted by Gasteiger charge is 2.15. The number of aromatic nitrogens is 3. The quantitative estimate of drug-likeness (QED) is 0.455. The predicted molar refractivity (Wildman–Crippen MR) is 27.1 cm³/mol. The Morgan fingerprint density at radius 1 is 1.75 bits per heavy atom. The lowest BCUT2D eigenvalue weighted by Crippen LogP contribution is -2.29. The molecule has 3 nitrogen and oxygen atoms in total. The van der Waals surface area contributed by atoms with Crippen molar-refractivity contribution in [3.63, 3.8) is 0 Å². The molecule has 0 atom stereocenters. The van der Waals surface area contributed by atoms with Crippen LogP contribution in [-0.2, 0) is 13.0 Å². The van der Waals surface area contributed by atoms with Gasteiger partial charge >= 0.3 is 0 Å². The van der Waals surface area contributed by atoms with Gasteiger partial charge < -0.3 is 0 Å². The van der Waals surface area contributed by atoms with Crippen LogP contribution in [0.1, 0.15) is 12.2 Å². The fourth-order valence-electron chi connectivity index (χ4n) is 1.12. The number of nitrogens with zero attached hydrogens (tertiary/aromatic N) is 2. The average Bonchev–Trinajstić information content (AvgIpc) is 2.15. The Balaban J connectivity index is 2.54. The number of H-pyrrole nitrogens is 1. The van der Waals surface area contributed by atoms with Crippen molar-refractivity contribution < 1.29 is 4.57 Å². The molecule has 0 fully saturated rings. The van der Waals surface area contributed by atoms with Crippen LogP contribution in [-0.4, -0.2) is 10.2 Å². The third kappa shape index (κ3) is 0.384. The highest BCUT2D eigenvalue weighted by Crippen LogP contribution is 1.98. The van der Waals surface area contributed by atoms with Crippen molar-refractivity contribution in [2.45, 2.75) is 19.4 Å². The first kappa shape index (κ1) is 4.06. The van der Waals surface area contributed by atoms with E-state index >= 15 is 0 Å². The largest absolute Gasteiger partial charge is 0.265 e. The molecule has 0 aliphatic carbocycles. The minimum absolute atomic E-state index is 1.14. The third-order valence-electron chi connectivity index (χ3n) is 1.55. The molecule has 0 amide bonds. The van der Waals surface area contributed by atoms with Gasteiger partial charge in [-0.15, -0.1) is 5.10 Å². The van der Waals surface area contributed by atoms with Gasteiger partial charge in [-0.05, 0) is 6.42 Å². The molecule has 2 heterocycles. The van der Waals surface area contributed by atoms with Gasteiger partial charge in [0.1, 0.15) is 0 Å². The summed E-state index contributed by atoms with van der Waals surface area (Å²) in [5, 5.41) is 6.81. The summed E-state index contributed by atoms with van der Waals surface area (Å²) >= 11 is 0. The maximum Gasteiger partial charge on any atom is 0.265 e. The molecule has 1 aromatic heterocycles. The molecule has 42 valence electrons. The van der Waals surface area contributed by atoms with E-state index in [1.54, 1.807) is 0 Å². The Kier molecular flexibility index (Phi) is 0.664. The maximum atomic E-state index is 3.88. The first-order valence-electron chi connectivity index (χ1n) is 2.88. The van der Waals surface area contributed by atoms with E-state index in [2.05, 4.69) is 14.8 Å². The van der Waals surface area contributed by atoms with E-state index in [0.717, 1.165) is 6.54 Å². The highest BCUT2D eigenvalue weighted by atomic mass is 15.3. The monoisotopic (exact) mass is 110 g/mol. The average molecular weight is 110 g/mol. The van der Waals surface area contributed by atoms with E-state index < -0.39 is 0 Å². The summed E-state index contributed by atoms with van der Waals surface area (Å²) in [6, 6.07) is 0. The summed E-state index contributed by atoms with van der Waals surface area (Å²) in [6.45, 7) is 1.14. The third-order valence-corrected chi connectivity index (χ3v) is 1.55. The molecule has 1 aliphatic heterocycles.